The Balaban J connectivity index is 0. The van der Waals surface area contributed by atoms with Crippen LogP contribution in [0.4, 0.5) is 0 Å². The molecule has 1 aliphatic rings. The summed E-state index contributed by atoms with van der Waals surface area (Å²) in [5, 5.41) is 10.3. The Bertz CT molecular complexity index is 61.0. The Hall–Kier alpha value is 1.88. The summed E-state index contributed by atoms with van der Waals surface area (Å²) in [6.07, 6.45) is 3.77. The third-order valence-corrected chi connectivity index (χ3v) is 2.12. The van der Waals surface area contributed by atoms with Crippen molar-refractivity contribution in [3.63, 3.8) is 0 Å². The molecule has 1 rings (SSSR count). The van der Waals surface area contributed by atoms with Gasteiger partial charge in [-0.2, -0.15) is 0 Å². The van der Waals surface area contributed by atoms with Gasteiger partial charge in [-0.1, -0.05) is 0 Å². The van der Waals surface area contributed by atoms with Crippen LogP contribution in [-0.4, -0.2) is 98.4 Å². The minimum atomic E-state index is 0. The van der Waals surface area contributed by atoms with Gasteiger partial charge >= 0.3 is 59.1 Å². The number of nitrogens with one attached hydrogen (secondary N) is 3. The maximum atomic E-state index is 3.42. The molecule has 0 unspecified atom stereocenters. The molecule has 14 heavy (non-hydrogen) atoms. The van der Waals surface area contributed by atoms with Crippen molar-refractivity contribution in [2.45, 2.75) is 19.3 Å². The average Bonchev–Trinajstić information content (AvgIpc) is 2.05. The van der Waals surface area contributed by atoms with Gasteiger partial charge in [0.05, 0.1) is 0 Å². The molecule has 0 amide bonds. The monoisotopic (exact) mass is 219 g/mol. The predicted molar refractivity (Wildman–Crippen MR) is 66.8 cm³/mol. The molecule has 1 heterocycles. The van der Waals surface area contributed by atoms with E-state index in [-0.39, 0.29) is 59.1 Å². The van der Waals surface area contributed by atoms with Crippen LogP contribution in [0.1, 0.15) is 19.3 Å². The fourth-order valence-corrected chi connectivity index (χ4v) is 1.39. The molecule has 0 bridgehead atoms. The molecular formula is C9H23N3Na2. The first-order valence-corrected chi connectivity index (χ1v) is 5.12. The summed E-state index contributed by atoms with van der Waals surface area (Å²) in [4.78, 5) is 0. The number of rotatable bonds is 0. The van der Waals surface area contributed by atoms with Gasteiger partial charge in [-0.15, -0.1) is 0 Å². The topological polar surface area (TPSA) is 36.1 Å². The van der Waals surface area contributed by atoms with Crippen molar-refractivity contribution in [2.24, 2.45) is 0 Å². The van der Waals surface area contributed by atoms with E-state index in [2.05, 4.69) is 16.0 Å². The van der Waals surface area contributed by atoms with Crippen molar-refractivity contribution in [1.29, 1.82) is 0 Å². The van der Waals surface area contributed by atoms with Gasteiger partial charge in [0.1, 0.15) is 0 Å². The van der Waals surface area contributed by atoms with E-state index in [1.165, 1.54) is 19.3 Å². The molecule has 0 radical (unpaired) electrons. The van der Waals surface area contributed by atoms with Crippen molar-refractivity contribution in [1.82, 2.24) is 16.0 Å². The Morgan fingerprint density at radius 1 is 0.429 bits per heavy atom. The minimum absolute atomic E-state index is 0. The van der Waals surface area contributed by atoms with Crippen molar-refractivity contribution >= 4 is 59.1 Å². The second-order valence-corrected chi connectivity index (χ2v) is 3.31. The fraction of sp³-hybridized carbons (Fsp3) is 1.00. The Kier molecular flexibility index (Phi) is 19.4. The zero-order valence-electron chi connectivity index (χ0n) is 7.86. The van der Waals surface area contributed by atoms with Crippen LogP contribution in [0.2, 0.25) is 0 Å². The number of hydrogen-bond acceptors (Lipinski definition) is 3. The second kappa shape index (κ2) is 14.9. The van der Waals surface area contributed by atoms with E-state index in [9.17, 15) is 0 Å². The van der Waals surface area contributed by atoms with Crippen molar-refractivity contribution in [2.75, 3.05) is 39.3 Å². The van der Waals surface area contributed by atoms with E-state index in [1.54, 1.807) is 0 Å². The van der Waals surface area contributed by atoms with Gasteiger partial charge in [-0.05, 0) is 58.5 Å². The summed E-state index contributed by atoms with van der Waals surface area (Å²) in [6, 6.07) is 0. The van der Waals surface area contributed by atoms with Crippen LogP contribution in [0.3, 0.4) is 0 Å². The summed E-state index contributed by atoms with van der Waals surface area (Å²) >= 11 is 0. The van der Waals surface area contributed by atoms with E-state index >= 15 is 0 Å². The van der Waals surface area contributed by atoms with Gasteiger partial charge in [0, 0.05) is 0 Å². The summed E-state index contributed by atoms with van der Waals surface area (Å²) in [7, 11) is 0. The third kappa shape index (κ3) is 12.0. The van der Waals surface area contributed by atoms with Gasteiger partial charge < -0.3 is 16.0 Å². The molecule has 0 aliphatic carbocycles. The summed E-state index contributed by atoms with van der Waals surface area (Å²) in [5.74, 6) is 0. The molecule has 1 fully saturated rings. The molecule has 0 saturated carbocycles. The second-order valence-electron chi connectivity index (χ2n) is 3.31. The van der Waals surface area contributed by atoms with Gasteiger partial charge in [0.15, 0.2) is 0 Å². The Morgan fingerprint density at radius 3 is 0.857 bits per heavy atom. The standard InChI is InChI=1S/C9H21N3.2Na.2H/c1-4-10-6-2-8-12-9-3-7-11-5-1;;;;/h10-12H,1-9H2;;;;. The first-order chi connectivity index (χ1) is 6.00. The van der Waals surface area contributed by atoms with Crippen molar-refractivity contribution < 1.29 is 0 Å². The first kappa shape index (κ1) is 18.3. The van der Waals surface area contributed by atoms with Crippen molar-refractivity contribution in [3.05, 3.63) is 0 Å². The average molecular weight is 219 g/mol. The molecule has 0 aromatic rings. The van der Waals surface area contributed by atoms with Gasteiger partial charge in [0.25, 0.3) is 0 Å². The maximum absolute atomic E-state index is 3.42. The van der Waals surface area contributed by atoms with Gasteiger partial charge in [-0.25, -0.2) is 0 Å². The van der Waals surface area contributed by atoms with Crippen molar-refractivity contribution in [3.8, 4) is 0 Å². The van der Waals surface area contributed by atoms with Crippen LogP contribution in [0, 0.1) is 0 Å². The van der Waals surface area contributed by atoms with Crippen LogP contribution in [0.15, 0.2) is 0 Å². The van der Waals surface area contributed by atoms with E-state index in [4.69, 9.17) is 0 Å². The zero-order chi connectivity index (χ0) is 8.49. The Morgan fingerprint density at radius 2 is 0.643 bits per heavy atom. The van der Waals surface area contributed by atoms with Crippen LogP contribution >= 0.6 is 0 Å². The molecule has 5 heteroatoms. The first-order valence-electron chi connectivity index (χ1n) is 5.12. The normalized spacial score (nSPS) is 20.6. The summed E-state index contributed by atoms with van der Waals surface area (Å²) in [5.41, 5.74) is 0. The molecule has 1 aliphatic heterocycles. The SMILES string of the molecule is C1CNCCCNCCCNC1.[NaH].[NaH]. The molecule has 3 N–H and O–H groups in total. The molecule has 0 atom stereocenters. The summed E-state index contributed by atoms with van der Waals surface area (Å²) in [6.45, 7) is 6.96. The zero-order valence-corrected chi connectivity index (χ0v) is 7.86. The third-order valence-electron chi connectivity index (χ3n) is 2.12. The molecule has 0 spiro atoms. The predicted octanol–water partition coefficient (Wildman–Crippen LogP) is -1.36. The van der Waals surface area contributed by atoms with E-state index in [0.717, 1.165) is 39.3 Å². The van der Waals surface area contributed by atoms with Crippen LogP contribution in [0.5, 0.6) is 0 Å². The molecule has 3 nitrogen and oxygen atoms in total. The fourth-order valence-electron chi connectivity index (χ4n) is 1.39. The van der Waals surface area contributed by atoms with Crippen LogP contribution < -0.4 is 16.0 Å². The molecule has 0 aromatic carbocycles. The molecule has 0 aromatic heterocycles. The quantitative estimate of drug-likeness (QED) is 0.441. The summed E-state index contributed by atoms with van der Waals surface area (Å²) < 4.78 is 0. The van der Waals surface area contributed by atoms with Crippen LogP contribution in [-0.2, 0) is 0 Å². The van der Waals surface area contributed by atoms with Gasteiger partial charge in [-0.3, -0.25) is 0 Å². The Labute approximate surface area is 132 Å². The number of hydrogen-bond donors (Lipinski definition) is 3. The van der Waals surface area contributed by atoms with Crippen LogP contribution in [0.25, 0.3) is 0 Å². The van der Waals surface area contributed by atoms with E-state index in [0.29, 0.717) is 0 Å². The van der Waals surface area contributed by atoms with Gasteiger partial charge in [0.2, 0.25) is 0 Å². The van der Waals surface area contributed by atoms with E-state index in [1.807, 2.05) is 0 Å². The molecule has 76 valence electrons. The molecular weight excluding hydrogens is 196 g/mol. The van der Waals surface area contributed by atoms with E-state index < -0.39 is 0 Å². The molecule has 1 saturated heterocycles.